The molecule has 2 nitrogen and oxygen atoms in total. The minimum Gasteiger partial charge on any atom is -0.457 e. The van der Waals surface area contributed by atoms with Crippen molar-refractivity contribution in [2.24, 2.45) is 0 Å². The van der Waals surface area contributed by atoms with Crippen molar-refractivity contribution in [1.29, 1.82) is 0 Å². The van der Waals surface area contributed by atoms with Gasteiger partial charge in [-0.25, -0.2) is 8.78 Å². The average molecular weight is 277 g/mol. The fraction of sp³-hybridized carbons (Fsp3) is 0.250. The van der Waals surface area contributed by atoms with E-state index in [2.05, 4.69) is 12.2 Å². The van der Waals surface area contributed by atoms with Gasteiger partial charge in [0.05, 0.1) is 0 Å². The minimum absolute atomic E-state index is 0.280. The quantitative estimate of drug-likeness (QED) is 0.885. The second kappa shape index (κ2) is 6.48. The monoisotopic (exact) mass is 277 g/mol. The van der Waals surface area contributed by atoms with Crippen LogP contribution in [-0.2, 0) is 6.54 Å². The summed E-state index contributed by atoms with van der Waals surface area (Å²) in [6.07, 6.45) is 0. The number of halogens is 2. The molecule has 0 aliphatic carbocycles. The van der Waals surface area contributed by atoms with Gasteiger partial charge in [0.25, 0.3) is 0 Å². The maximum atomic E-state index is 13.1. The Morgan fingerprint density at radius 2 is 1.70 bits per heavy atom. The lowest BCUT2D eigenvalue weighted by molar-refractivity contribution is 0.461. The Kier molecular flexibility index (Phi) is 4.69. The maximum Gasteiger partial charge on any atom is 0.162 e. The number of benzene rings is 2. The Morgan fingerprint density at radius 3 is 2.35 bits per heavy atom. The summed E-state index contributed by atoms with van der Waals surface area (Å²) in [4.78, 5) is 0. The highest BCUT2D eigenvalue weighted by atomic mass is 19.2. The molecule has 0 aliphatic rings. The minimum atomic E-state index is -0.914. The van der Waals surface area contributed by atoms with Gasteiger partial charge >= 0.3 is 0 Å². The SMILES string of the molecule is CCNCc1ccc(Oc2ccc(F)c(F)c2)cc1C. The molecule has 0 radical (unpaired) electrons. The number of ether oxygens (including phenoxy) is 1. The number of nitrogens with one attached hydrogen (secondary N) is 1. The van der Waals surface area contributed by atoms with Gasteiger partial charge in [-0.15, -0.1) is 0 Å². The largest absolute Gasteiger partial charge is 0.457 e. The van der Waals surface area contributed by atoms with E-state index in [4.69, 9.17) is 4.74 Å². The average Bonchev–Trinajstić information content (AvgIpc) is 2.42. The van der Waals surface area contributed by atoms with E-state index in [0.29, 0.717) is 5.75 Å². The van der Waals surface area contributed by atoms with Gasteiger partial charge in [0.15, 0.2) is 11.6 Å². The molecule has 0 fully saturated rings. The third-order valence-corrected chi connectivity index (χ3v) is 3.01. The lowest BCUT2D eigenvalue weighted by Gasteiger charge is -2.10. The molecule has 0 heterocycles. The summed E-state index contributed by atoms with van der Waals surface area (Å²) < 4.78 is 31.5. The molecule has 0 aromatic heterocycles. The van der Waals surface area contributed by atoms with Crippen LogP contribution in [0.2, 0.25) is 0 Å². The van der Waals surface area contributed by atoms with Crippen LogP contribution in [0.4, 0.5) is 8.78 Å². The second-order valence-corrected chi connectivity index (χ2v) is 4.55. The summed E-state index contributed by atoms with van der Waals surface area (Å²) in [5.41, 5.74) is 2.27. The number of rotatable bonds is 5. The molecule has 2 rings (SSSR count). The standard InChI is InChI=1S/C16H17F2NO/c1-3-19-10-12-4-5-13(8-11(12)2)20-14-6-7-15(17)16(18)9-14/h4-9,19H,3,10H2,1-2H3. The molecule has 2 aromatic carbocycles. The van der Waals surface area contributed by atoms with Crippen LogP contribution < -0.4 is 10.1 Å². The fourth-order valence-corrected chi connectivity index (χ4v) is 1.87. The van der Waals surface area contributed by atoms with E-state index in [9.17, 15) is 8.78 Å². The first-order chi connectivity index (χ1) is 9.60. The van der Waals surface area contributed by atoms with E-state index in [-0.39, 0.29) is 5.75 Å². The predicted molar refractivity (Wildman–Crippen MR) is 75.0 cm³/mol. The molecule has 1 N–H and O–H groups in total. The van der Waals surface area contributed by atoms with Crippen molar-refractivity contribution in [2.45, 2.75) is 20.4 Å². The van der Waals surface area contributed by atoms with E-state index < -0.39 is 11.6 Å². The predicted octanol–water partition coefficient (Wildman–Crippen LogP) is 4.18. The maximum absolute atomic E-state index is 13.1. The van der Waals surface area contributed by atoms with E-state index in [1.165, 1.54) is 11.6 Å². The van der Waals surface area contributed by atoms with E-state index in [0.717, 1.165) is 30.8 Å². The molecule has 4 heteroatoms. The van der Waals surface area contributed by atoms with Gasteiger partial charge in [0, 0.05) is 12.6 Å². The molecule has 0 bridgehead atoms. The van der Waals surface area contributed by atoms with Crippen LogP contribution in [-0.4, -0.2) is 6.54 Å². The molecular formula is C16H17F2NO. The smallest absolute Gasteiger partial charge is 0.162 e. The van der Waals surface area contributed by atoms with E-state index in [1.807, 2.05) is 25.1 Å². The molecule has 106 valence electrons. The summed E-state index contributed by atoms with van der Waals surface area (Å²) in [5, 5.41) is 3.26. The van der Waals surface area contributed by atoms with Crippen molar-refractivity contribution < 1.29 is 13.5 Å². The van der Waals surface area contributed by atoms with E-state index in [1.54, 1.807) is 0 Å². The Labute approximate surface area is 117 Å². The lowest BCUT2D eigenvalue weighted by atomic mass is 10.1. The number of aryl methyl sites for hydroxylation is 1. The Balaban J connectivity index is 2.13. The summed E-state index contributed by atoms with van der Waals surface area (Å²) in [7, 11) is 0. The topological polar surface area (TPSA) is 21.3 Å². The first-order valence-electron chi connectivity index (χ1n) is 6.53. The van der Waals surface area contributed by atoms with Gasteiger partial charge in [-0.3, -0.25) is 0 Å². The van der Waals surface area contributed by atoms with Crippen LogP contribution in [0.1, 0.15) is 18.1 Å². The zero-order chi connectivity index (χ0) is 14.5. The van der Waals surface area contributed by atoms with Gasteiger partial charge in [0.1, 0.15) is 11.5 Å². The normalized spacial score (nSPS) is 10.6. The molecule has 0 unspecified atom stereocenters. The van der Waals surface area contributed by atoms with Crippen molar-refractivity contribution in [1.82, 2.24) is 5.32 Å². The van der Waals surface area contributed by atoms with Crippen molar-refractivity contribution >= 4 is 0 Å². The first kappa shape index (κ1) is 14.5. The molecule has 0 aliphatic heterocycles. The van der Waals surface area contributed by atoms with Crippen LogP contribution in [0.3, 0.4) is 0 Å². The molecular weight excluding hydrogens is 260 g/mol. The first-order valence-corrected chi connectivity index (χ1v) is 6.53. The van der Waals surface area contributed by atoms with Gasteiger partial charge in [-0.1, -0.05) is 13.0 Å². The zero-order valence-corrected chi connectivity index (χ0v) is 11.5. The summed E-state index contributed by atoms with van der Waals surface area (Å²) in [6.45, 7) is 5.75. The van der Waals surface area contributed by atoms with Gasteiger partial charge < -0.3 is 10.1 Å². The third kappa shape index (κ3) is 3.54. The second-order valence-electron chi connectivity index (χ2n) is 4.55. The van der Waals surface area contributed by atoms with Crippen LogP contribution in [0, 0.1) is 18.6 Å². The number of hydrogen-bond donors (Lipinski definition) is 1. The van der Waals surface area contributed by atoms with Crippen molar-refractivity contribution in [3.8, 4) is 11.5 Å². The van der Waals surface area contributed by atoms with Crippen LogP contribution in [0.5, 0.6) is 11.5 Å². The molecule has 2 aromatic rings. The molecule has 0 atom stereocenters. The molecule has 0 saturated carbocycles. The van der Waals surface area contributed by atoms with Crippen molar-refractivity contribution in [2.75, 3.05) is 6.54 Å². The summed E-state index contributed by atoms with van der Waals surface area (Å²) in [6, 6.07) is 9.16. The molecule has 0 amide bonds. The highest BCUT2D eigenvalue weighted by Gasteiger charge is 2.05. The molecule has 0 saturated heterocycles. The summed E-state index contributed by atoms with van der Waals surface area (Å²) >= 11 is 0. The summed E-state index contributed by atoms with van der Waals surface area (Å²) in [5.74, 6) is -0.908. The number of hydrogen-bond acceptors (Lipinski definition) is 2. The van der Waals surface area contributed by atoms with E-state index >= 15 is 0 Å². The zero-order valence-electron chi connectivity index (χ0n) is 11.5. The van der Waals surface area contributed by atoms with Crippen LogP contribution in [0.15, 0.2) is 36.4 Å². The van der Waals surface area contributed by atoms with Crippen LogP contribution in [0.25, 0.3) is 0 Å². The highest BCUT2D eigenvalue weighted by Crippen LogP contribution is 2.25. The highest BCUT2D eigenvalue weighted by molar-refractivity contribution is 5.38. The lowest BCUT2D eigenvalue weighted by Crippen LogP contribution is -2.12. The Bertz CT molecular complexity index is 599. The molecule has 0 spiro atoms. The third-order valence-electron chi connectivity index (χ3n) is 3.01. The Hall–Kier alpha value is -1.94. The Morgan fingerprint density at radius 1 is 1.00 bits per heavy atom. The molecule has 20 heavy (non-hydrogen) atoms. The fourth-order valence-electron chi connectivity index (χ4n) is 1.87. The van der Waals surface area contributed by atoms with Crippen molar-refractivity contribution in [3.05, 3.63) is 59.2 Å². The van der Waals surface area contributed by atoms with Gasteiger partial charge in [-0.05, 0) is 48.9 Å². The van der Waals surface area contributed by atoms with Crippen LogP contribution >= 0.6 is 0 Å². The van der Waals surface area contributed by atoms with Gasteiger partial charge in [-0.2, -0.15) is 0 Å². The van der Waals surface area contributed by atoms with Gasteiger partial charge in [0.2, 0.25) is 0 Å². The van der Waals surface area contributed by atoms with Crippen molar-refractivity contribution in [3.63, 3.8) is 0 Å².